The summed E-state index contributed by atoms with van der Waals surface area (Å²) in [6.07, 6.45) is -1.06. The molecule has 1 amide bonds. The predicted octanol–water partition coefficient (Wildman–Crippen LogP) is 0.733. The van der Waals surface area contributed by atoms with Crippen LogP contribution in [0.2, 0.25) is 0 Å². The summed E-state index contributed by atoms with van der Waals surface area (Å²) < 4.78 is 0.469. The first-order valence-electron chi connectivity index (χ1n) is 6.32. The fourth-order valence-electron chi connectivity index (χ4n) is 1.80. The number of benzene rings is 1. The number of carboxylic acids is 1. The van der Waals surface area contributed by atoms with Gasteiger partial charge in [0.2, 0.25) is 11.8 Å². The molecule has 22 heavy (non-hydrogen) atoms. The van der Waals surface area contributed by atoms with E-state index in [1.165, 1.54) is 0 Å². The zero-order valence-corrected chi connectivity index (χ0v) is 11.3. The first-order chi connectivity index (χ1) is 10.5. The minimum absolute atomic E-state index is 0.0644. The van der Waals surface area contributed by atoms with Crippen molar-refractivity contribution in [2.75, 3.05) is 0 Å². The zero-order valence-electron chi connectivity index (χ0n) is 11.3. The number of aromatic nitrogens is 1. The van der Waals surface area contributed by atoms with Crippen LogP contribution in [-0.2, 0) is 11.2 Å². The van der Waals surface area contributed by atoms with Crippen LogP contribution in [0.25, 0.3) is 0 Å². The fourth-order valence-corrected chi connectivity index (χ4v) is 1.80. The summed E-state index contributed by atoms with van der Waals surface area (Å²) in [6, 6.07) is 9.76. The van der Waals surface area contributed by atoms with E-state index in [0.717, 1.165) is 17.7 Å². The van der Waals surface area contributed by atoms with Crippen LogP contribution in [0.3, 0.4) is 0 Å². The third-order valence-corrected chi connectivity index (χ3v) is 2.84. The summed E-state index contributed by atoms with van der Waals surface area (Å²) in [5.41, 5.74) is 0.724. The van der Waals surface area contributed by atoms with Gasteiger partial charge in [-0.3, -0.25) is 0 Å². The van der Waals surface area contributed by atoms with Gasteiger partial charge in [0.1, 0.15) is 6.04 Å². The molecule has 1 atom stereocenters. The Morgan fingerprint density at radius 3 is 2.23 bits per heavy atom. The van der Waals surface area contributed by atoms with Gasteiger partial charge in [0.05, 0.1) is 0 Å². The lowest BCUT2D eigenvalue weighted by atomic mass is 10.1. The van der Waals surface area contributed by atoms with Crippen molar-refractivity contribution in [1.29, 1.82) is 0 Å². The van der Waals surface area contributed by atoms with Gasteiger partial charge in [0.15, 0.2) is 0 Å². The van der Waals surface area contributed by atoms with Crippen molar-refractivity contribution in [3.05, 3.63) is 48.0 Å². The molecule has 8 heteroatoms. The zero-order chi connectivity index (χ0) is 16.1. The molecule has 1 aromatic carbocycles. The topological polar surface area (TPSA) is 121 Å². The number of nitrogens with zero attached hydrogens (tertiary/aromatic N) is 1. The SMILES string of the molecule is O=C(N[C@@H](Cc1ccccc1)C(=O)O)On1c(O)ccc1O. The highest BCUT2D eigenvalue weighted by molar-refractivity contribution is 5.80. The van der Waals surface area contributed by atoms with Crippen LogP contribution < -0.4 is 10.2 Å². The van der Waals surface area contributed by atoms with Crippen LogP contribution in [0.4, 0.5) is 4.79 Å². The van der Waals surface area contributed by atoms with Gasteiger partial charge in [-0.15, -0.1) is 4.73 Å². The molecule has 4 N–H and O–H groups in total. The number of rotatable bonds is 5. The molecule has 0 saturated heterocycles. The van der Waals surface area contributed by atoms with Crippen molar-refractivity contribution in [3.8, 4) is 11.8 Å². The summed E-state index contributed by atoms with van der Waals surface area (Å²) in [4.78, 5) is 27.5. The van der Waals surface area contributed by atoms with Crippen LogP contribution >= 0.6 is 0 Å². The van der Waals surface area contributed by atoms with Gasteiger partial charge in [-0.2, -0.15) is 0 Å². The molecule has 0 aliphatic carbocycles. The van der Waals surface area contributed by atoms with Gasteiger partial charge >= 0.3 is 12.1 Å². The highest BCUT2D eigenvalue weighted by Crippen LogP contribution is 2.18. The molecule has 0 spiro atoms. The molecule has 2 rings (SSSR count). The van der Waals surface area contributed by atoms with Crippen molar-refractivity contribution in [1.82, 2.24) is 10.0 Å². The maximum Gasteiger partial charge on any atom is 0.432 e. The number of nitrogens with one attached hydrogen (secondary N) is 1. The van der Waals surface area contributed by atoms with Crippen LogP contribution in [0, 0.1) is 0 Å². The Kier molecular flexibility index (Phi) is 4.52. The summed E-state index contributed by atoms with van der Waals surface area (Å²) in [5, 5.41) is 30.0. The third kappa shape index (κ3) is 3.69. The standard InChI is InChI=1S/C14H14N2O6/c17-11-6-7-12(18)16(11)22-14(21)15-10(13(19)20)8-9-4-2-1-3-5-9/h1-7,10,17-18H,8H2,(H,15,21)(H,19,20)/t10-/m0/s1. The van der Waals surface area contributed by atoms with Gasteiger partial charge < -0.3 is 25.5 Å². The Hall–Kier alpha value is -3.16. The van der Waals surface area contributed by atoms with Crippen molar-refractivity contribution in [2.24, 2.45) is 0 Å². The quantitative estimate of drug-likeness (QED) is 0.646. The lowest BCUT2D eigenvalue weighted by molar-refractivity contribution is -0.139. The second-order valence-electron chi connectivity index (χ2n) is 4.45. The lowest BCUT2D eigenvalue weighted by Gasteiger charge is -2.15. The summed E-state index contributed by atoms with van der Waals surface area (Å²) >= 11 is 0. The molecule has 2 aromatic rings. The Bertz CT molecular complexity index is 648. The third-order valence-electron chi connectivity index (χ3n) is 2.84. The van der Waals surface area contributed by atoms with E-state index in [4.69, 9.17) is 5.11 Å². The van der Waals surface area contributed by atoms with Crippen molar-refractivity contribution >= 4 is 12.1 Å². The molecule has 0 aliphatic rings. The number of amides is 1. The summed E-state index contributed by atoms with van der Waals surface area (Å²) in [7, 11) is 0. The molecule has 0 aliphatic heterocycles. The van der Waals surface area contributed by atoms with Gasteiger partial charge in [-0.1, -0.05) is 30.3 Å². The first-order valence-corrected chi connectivity index (χ1v) is 6.32. The lowest BCUT2D eigenvalue weighted by Crippen LogP contribution is -2.45. The number of hydrogen-bond donors (Lipinski definition) is 4. The molecule has 8 nitrogen and oxygen atoms in total. The molecule has 0 radical (unpaired) electrons. The molecule has 0 fully saturated rings. The van der Waals surface area contributed by atoms with Crippen molar-refractivity contribution in [2.45, 2.75) is 12.5 Å². The van der Waals surface area contributed by atoms with Crippen LogP contribution in [0.5, 0.6) is 11.8 Å². The van der Waals surface area contributed by atoms with E-state index in [1.807, 2.05) is 0 Å². The van der Waals surface area contributed by atoms with Crippen molar-refractivity contribution in [3.63, 3.8) is 0 Å². The fraction of sp³-hybridized carbons (Fsp3) is 0.143. The second-order valence-corrected chi connectivity index (χ2v) is 4.45. The molecule has 1 heterocycles. The van der Waals surface area contributed by atoms with Gasteiger partial charge in [-0.25, -0.2) is 9.59 Å². The normalized spacial score (nSPS) is 11.6. The average Bonchev–Trinajstić information content (AvgIpc) is 2.79. The van der Waals surface area contributed by atoms with E-state index >= 15 is 0 Å². The van der Waals surface area contributed by atoms with Crippen LogP contribution in [-0.4, -0.2) is 38.2 Å². The summed E-state index contributed by atoms with van der Waals surface area (Å²) in [6.45, 7) is 0. The second kappa shape index (κ2) is 6.53. The first kappa shape index (κ1) is 15.2. The number of aromatic hydroxyl groups is 2. The van der Waals surface area contributed by atoms with E-state index in [2.05, 4.69) is 10.2 Å². The van der Waals surface area contributed by atoms with E-state index in [0.29, 0.717) is 4.73 Å². The Morgan fingerprint density at radius 2 is 1.68 bits per heavy atom. The van der Waals surface area contributed by atoms with Crippen molar-refractivity contribution < 1.29 is 29.7 Å². The number of carbonyl (C=O) groups excluding carboxylic acids is 1. The number of carboxylic acid groups (broad SMARTS) is 1. The maximum absolute atomic E-state index is 11.7. The van der Waals surface area contributed by atoms with Gasteiger partial charge in [-0.05, 0) is 5.56 Å². The Morgan fingerprint density at radius 1 is 1.09 bits per heavy atom. The van der Waals surface area contributed by atoms with Crippen LogP contribution in [0.15, 0.2) is 42.5 Å². The van der Waals surface area contributed by atoms with E-state index in [9.17, 15) is 19.8 Å². The minimum Gasteiger partial charge on any atom is -0.492 e. The largest absolute Gasteiger partial charge is 0.492 e. The molecule has 116 valence electrons. The van der Waals surface area contributed by atoms with E-state index in [1.54, 1.807) is 30.3 Å². The average molecular weight is 306 g/mol. The molecular formula is C14H14N2O6. The molecule has 0 bridgehead atoms. The molecule has 0 saturated carbocycles. The van der Waals surface area contributed by atoms with Gasteiger partial charge in [0.25, 0.3) is 0 Å². The Labute approximate surface area is 125 Å². The highest BCUT2D eigenvalue weighted by atomic mass is 16.7. The smallest absolute Gasteiger partial charge is 0.432 e. The minimum atomic E-state index is -1.23. The predicted molar refractivity (Wildman–Crippen MR) is 74.4 cm³/mol. The molecule has 0 unspecified atom stereocenters. The van der Waals surface area contributed by atoms with E-state index in [-0.39, 0.29) is 6.42 Å². The van der Waals surface area contributed by atoms with Gasteiger partial charge in [0, 0.05) is 18.6 Å². The maximum atomic E-state index is 11.7. The van der Waals surface area contributed by atoms with Crippen LogP contribution in [0.1, 0.15) is 5.56 Å². The highest BCUT2D eigenvalue weighted by Gasteiger charge is 2.22. The number of hydrogen-bond acceptors (Lipinski definition) is 5. The van der Waals surface area contributed by atoms with E-state index < -0.39 is 29.9 Å². The number of carbonyl (C=O) groups is 2. The monoisotopic (exact) mass is 306 g/mol. The number of aliphatic carboxylic acids is 1. The Balaban J connectivity index is 2.02. The molecular weight excluding hydrogens is 292 g/mol. The molecule has 1 aromatic heterocycles. The summed E-state index contributed by atoms with van der Waals surface area (Å²) in [5.74, 6) is -2.23.